The van der Waals surface area contributed by atoms with E-state index in [1.54, 1.807) is 30.3 Å². The summed E-state index contributed by atoms with van der Waals surface area (Å²) < 4.78 is 53.5. The molecule has 2 N–H and O–H groups in total. The minimum atomic E-state index is -3.81. The van der Waals surface area contributed by atoms with Gasteiger partial charge in [-0.15, -0.1) is 0 Å². The SMILES string of the molecule is Cc1ccc(N(CCCC(=O)Nc2ccc(S(=O)(=O)Nc3ccc(Cl)cc3)cc2)S(C)(=O)=O)cc1C. The van der Waals surface area contributed by atoms with Crippen LogP contribution >= 0.6 is 11.6 Å². The second-order valence-corrected chi connectivity index (χ2v) is 12.4. The standard InChI is InChI=1S/C25H28ClN3O5S2/c1-18-6-13-23(17-19(18)2)29(35(3,31)32)16-4-5-25(30)27-21-11-14-24(15-12-21)36(33,34)28-22-9-7-20(26)8-10-22/h6-15,17,28H,4-5,16H2,1-3H3,(H,27,30). The topological polar surface area (TPSA) is 113 Å². The van der Waals surface area contributed by atoms with Gasteiger partial charge in [-0.1, -0.05) is 17.7 Å². The van der Waals surface area contributed by atoms with Crippen molar-refractivity contribution in [2.75, 3.05) is 27.1 Å². The molecule has 0 spiro atoms. The zero-order valence-corrected chi connectivity index (χ0v) is 22.5. The molecule has 3 rings (SSSR count). The van der Waals surface area contributed by atoms with E-state index in [2.05, 4.69) is 10.0 Å². The number of nitrogens with one attached hydrogen (secondary N) is 2. The van der Waals surface area contributed by atoms with Gasteiger partial charge in [0, 0.05) is 29.4 Å². The van der Waals surface area contributed by atoms with Crippen LogP contribution in [0.5, 0.6) is 0 Å². The Morgan fingerprint density at radius 2 is 1.47 bits per heavy atom. The molecule has 0 aliphatic carbocycles. The Kier molecular flexibility index (Phi) is 8.65. The summed E-state index contributed by atoms with van der Waals surface area (Å²) in [6.07, 6.45) is 1.54. The van der Waals surface area contributed by atoms with E-state index < -0.39 is 20.0 Å². The third-order valence-electron chi connectivity index (χ3n) is 5.49. The van der Waals surface area contributed by atoms with Crippen molar-refractivity contribution in [2.24, 2.45) is 0 Å². The van der Waals surface area contributed by atoms with Crippen molar-refractivity contribution in [3.63, 3.8) is 0 Å². The molecule has 3 aromatic rings. The van der Waals surface area contributed by atoms with Crippen molar-refractivity contribution in [2.45, 2.75) is 31.6 Å². The van der Waals surface area contributed by atoms with Gasteiger partial charge < -0.3 is 5.32 Å². The van der Waals surface area contributed by atoms with E-state index in [1.165, 1.54) is 28.6 Å². The molecule has 11 heteroatoms. The first-order valence-corrected chi connectivity index (χ1v) is 14.8. The van der Waals surface area contributed by atoms with E-state index in [-0.39, 0.29) is 23.8 Å². The van der Waals surface area contributed by atoms with Crippen LogP contribution < -0.4 is 14.3 Å². The molecule has 0 fully saturated rings. The number of sulfonamides is 2. The number of carbonyl (C=O) groups is 1. The fourth-order valence-corrected chi connectivity index (χ4v) is 5.57. The molecule has 1 amide bonds. The highest BCUT2D eigenvalue weighted by Gasteiger charge is 2.18. The van der Waals surface area contributed by atoms with Gasteiger partial charge in [0.1, 0.15) is 0 Å². The fraction of sp³-hybridized carbons (Fsp3) is 0.240. The second-order valence-electron chi connectivity index (χ2n) is 8.39. The highest BCUT2D eigenvalue weighted by molar-refractivity contribution is 7.92. The lowest BCUT2D eigenvalue weighted by molar-refractivity contribution is -0.116. The summed E-state index contributed by atoms with van der Waals surface area (Å²) in [6, 6.07) is 17.5. The maximum Gasteiger partial charge on any atom is 0.261 e. The highest BCUT2D eigenvalue weighted by Crippen LogP contribution is 2.23. The summed E-state index contributed by atoms with van der Waals surface area (Å²) in [6.45, 7) is 4.02. The average molecular weight is 550 g/mol. The molecule has 192 valence electrons. The summed E-state index contributed by atoms with van der Waals surface area (Å²) in [5, 5.41) is 3.20. The minimum Gasteiger partial charge on any atom is -0.326 e. The maximum atomic E-state index is 12.6. The van der Waals surface area contributed by atoms with Crippen LogP contribution in [0, 0.1) is 13.8 Å². The number of benzene rings is 3. The lowest BCUT2D eigenvalue weighted by Crippen LogP contribution is -2.31. The molecule has 0 saturated carbocycles. The number of hydrogen-bond acceptors (Lipinski definition) is 5. The van der Waals surface area contributed by atoms with E-state index in [4.69, 9.17) is 11.6 Å². The van der Waals surface area contributed by atoms with Gasteiger partial charge in [-0.2, -0.15) is 0 Å². The smallest absolute Gasteiger partial charge is 0.261 e. The molecule has 0 heterocycles. The molecule has 0 aromatic heterocycles. The summed E-state index contributed by atoms with van der Waals surface area (Å²) in [5.74, 6) is -0.307. The van der Waals surface area contributed by atoms with Crippen LogP contribution in [0.4, 0.5) is 17.1 Å². The summed E-state index contributed by atoms with van der Waals surface area (Å²) in [7, 11) is -7.33. The van der Waals surface area contributed by atoms with Crippen molar-refractivity contribution in [1.82, 2.24) is 0 Å². The van der Waals surface area contributed by atoms with Crippen molar-refractivity contribution < 1.29 is 21.6 Å². The molecule has 0 saturated heterocycles. The van der Waals surface area contributed by atoms with E-state index >= 15 is 0 Å². The van der Waals surface area contributed by atoms with Crippen molar-refractivity contribution >= 4 is 54.6 Å². The Labute approximate surface area is 217 Å². The van der Waals surface area contributed by atoms with Gasteiger partial charge in [-0.25, -0.2) is 16.8 Å². The zero-order valence-electron chi connectivity index (χ0n) is 20.2. The lowest BCUT2D eigenvalue weighted by Gasteiger charge is -2.23. The van der Waals surface area contributed by atoms with Gasteiger partial charge in [0.2, 0.25) is 15.9 Å². The zero-order chi connectivity index (χ0) is 26.5. The Hall–Kier alpha value is -3.08. The first-order chi connectivity index (χ1) is 16.8. The number of halogens is 1. The monoisotopic (exact) mass is 549 g/mol. The second kappa shape index (κ2) is 11.3. The summed E-state index contributed by atoms with van der Waals surface area (Å²) in [4.78, 5) is 12.4. The van der Waals surface area contributed by atoms with E-state index in [0.717, 1.165) is 17.4 Å². The quantitative estimate of drug-likeness (QED) is 0.372. The number of carbonyl (C=O) groups excluding carboxylic acids is 1. The largest absolute Gasteiger partial charge is 0.326 e. The number of hydrogen-bond donors (Lipinski definition) is 2. The fourth-order valence-electron chi connectivity index (χ4n) is 3.42. The van der Waals surface area contributed by atoms with Crippen LogP contribution in [-0.4, -0.2) is 35.5 Å². The number of amides is 1. The molecule has 0 radical (unpaired) electrons. The predicted molar refractivity (Wildman–Crippen MR) is 145 cm³/mol. The first kappa shape index (κ1) is 27.5. The third kappa shape index (κ3) is 7.46. The van der Waals surface area contributed by atoms with Gasteiger partial charge in [0.15, 0.2) is 0 Å². The Bertz CT molecular complexity index is 1440. The highest BCUT2D eigenvalue weighted by atomic mass is 35.5. The maximum absolute atomic E-state index is 12.6. The van der Waals surface area contributed by atoms with Gasteiger partial charge in [0.25, 0.3) is 10.0 Å². The minimum absolute atomic E-state index is 0.0348. The first-order valence-electron chi connectivity index (χ1n) is 11.1. The predicted octanol–water partition coefficient (Wildman–Crippen LogP) is 4.94. The number of nitrogens with zero attached hydrogens (tertiary/aromatic N) is 1. The van der Waals surface area contributed by atoms with Crippen LogP contribution in [0.2, 0.25) is 5.02 Å². The Balaban J connectivity index is 1.57. The number of anilines is 3. The molecule has 8 nitrogen and oxygen atoms in total. The molecule has 36 heavy (non-hydrogen) atoms. The molecule has 0 aliphatic heterocycles. The van der Waals surface area contributed by atoms with Crippen LogP contribution in [0.1, 0.15) is 24.0 Å². The Morgan fingerprint density at radius 3 is 2.06 bits per heavy atom. The van der Waals surface area contributed by atoms with Crippen molar-refractivity contribution in [1.29, 1.82) is 0 Å². The molecule has 0 bridgehead atoms. The number of rotatable bonds is 10. The summed E-state index contributed by atoms with van der Waals surface area (Å²) >= 11 is 5.82. The summed E-state index contributed by atoms with van der Waals surface area (Å²) in [5.41, 5.74) is 3.41. The van der Waals surface area contributed by atoms with Gasteiger partial charge >= 0.3 is 0 Å². The van der Waals surface area contributed by atoms with Crippen molar-refractivity contribution in [3.8, 4) is 0 Å². The van der Waals surface area contributed by atoms with Crippen LogP contribution in [0.3, 0.4) is 0 Å². The van der Waals surface area contributed by atoms with Crippen molar-refractivity contribution in [3.05, 3.63) is 82.9 Å². The van der Waals surface area contributed by atoms with E-state index in [0.29, 0.717) is 28.5 Å². The normalized spacial score (nSPS) is 11.7. The van der Waals surface area contributed by atoms with Crippen LogP contribution in [0.25, 0.3) is 0 Å². The molecule has 3 aromatic carbocycles. The van der Waals surface area contributed by atoms with E-state index in [1.807, 2.05) is 26.0 Å². The molecular formula is C25H28ClN3O5S2. The Morgan fingerprint density at radius 1 is 0.861 bits per heavy atom. The third-order valence-corrected chi connectivity index (χ3v) is 8.33. The molecular weight excluding hydrogens is 522 g/mol. The van der Waals surface area contributed by atoms with Crippen LogP contribution in [-0.2, 0) is 24.8 Å². The van der Waals surface area contributed by atoms with Crippen LogP contribution in [0.15, 0.2) is 71.6 Å². The molecule has 0 aliphatic rings. The van der Waals surface area contributed by atoms with Gasteiger partial charge in [0.05, 0.1) is 16.8 Å². The van der Waals surface area contributed by atoms with Gasteiger partial charge in [-0.05, 0) is 92.1 Å². The average Bonchev–Trinajstić information content (AvgIpc) is 2.80. The van der Waals surface area contributed by atoms with E-state index in [9.17, 15) is 21.6 Å². The molecule has 0 atom stereocenters. The lowest BCUT2D eigenvalue weighted by atomic mass is 10.1. The molecule has 0 unspecified atom stereocenters. The number of aryl methyl sites for hydroxylation is 2. The van der Waals surface area contributed by atoms with Gasteiger partial charge in [-0.3, -0.25) is 13.8 Å².